The van der Waals surface area contributed by atoms with Crippen molar-refractivity contribution in [1.82, 2.24) is 0 Å². The van der Waals surface area contributed by atoms with Crippen LogP contribution in [0.3, 0.4) is 0 Å². The topological polar surface area (TPSA) is 58.9 Å². The molecular formula is C16H26O4. The molecule has 0 spiro atoms. The number of ether oxygens (including phenoxy) is 2. The molecule has 0 amide bonds. The molecule has 0 aliphatic heterocycles. The highest BCUT2D eigenvalue weighted by atomic mass is 16.5. The van der Waals surface area contributed by atoms with Crippen LogP contribution in [0.4, 0.5) is 0 Å². The Labute approximate surface area is 121 Å². The van der Waals surface area contributed by atoms with Gasteiger partial charge in [0.25, 0.3) is 0 Å². The molecule has 1 aromatic carbocycles. The van der Waals surface area contributed by atoms with Crippen molar-refractivity contribution in [2.45, 2.75) is 53.4 Å². The van der Waals surface area contributed by atoms with Crippen LogP contribution in [0, 0.1) is 0 Å². The molecule has 0 saturated carbocycles. The van der Waals surface area contributed by atoms with Gasteiger partial charge in [0.2, 0.25) is 0 Å². The summed E-state index contributed by atoms with van der Waals surface area (Å²) >= 11 is 0. The van der Waals surface area contributed by atoms with Gasteiger partial charge in [0.15, 0.2) is 23.0 Å². The van der Waals surface area contributed by atoms with Crippen molar-refractivity contribution in [3.05, 3.63) is 11.1 Å². The Balaban J connectivity index is 3.72. The molecule has 4 heteroatoms. The summed E-state index contributed by atoms with van der Waals surface area (Å²) in [6.45, 7) is 12.5. The maximum atomic E-state index is 10.3. The minimum absolute atomic E-state index is 0.0165. The normalized spacial score (nSPS) is 11.2. The quantitative estimate of drug-likeness (QED) is 0.770. The average Bonchev–Trinajstić information content (AvgIpc) is 2.35. The second-order valence-corrected chi connectivity index (χ2v) is 5.36. The summed E-state index contributed by atoms with van der Waals surface area (Å²) < 4.78 is 11.4. The number of hydrogen-bond donors (Lipinski definition) is 2. The molecule has 0 unspecified atom stereocenters. The summed E-state index contributed by atoms with van der Waals surface area (Å²) in [7, 11) is 0. The summed E-state index contributed by atoms with van der Waals surface area (Å²) in [5, 5.41) is 20.6. The number of hydrogen-bond acceptors (Lipinski definition) is 4. The van der Waals surface area contributed by atoms with E-state index in [4.69, 9.17) is 9.47 Å². The lowest BCUT2D eigenvalue weighted by Crippen LogP contribution is -2.07. The number of phenolic OH excluding ortho intramolecular Hbond substituents is 2. The summed E-state index contributed by atoms with van der Waals surface area (Å²) in [4.78, 5) is 0. The van der Waals surface area contributed by atoms with Crippen molar-refractivity contribution < 1.29 is 19.7 Å². The number of phenols is 2. The highest BCUT2D eigenvalue weighted by Crippen LogP contribution is 2.52. The molecule has 0 bridgehead atoms. The third-order valence-electron chi connectivity index (χ3n) is 3.16. The van der Waals surface area contributed by atoms with Gasteiger partial charge in [-0.15, -0.1) is 0 Å². The molecule has 114 valence electrons. The van der Waals surface area contributed by atoms with Gasteiger partial charge in [0.05, 0.1) is 13.2 Å². The Morgan fingerprint density at radius 3 is 1.25 bits per heavy atom. The van der Waals surface area contributed by atoms with Gasteiger partial charge in [-0.1, -0.05) is 27.7 Å². The van der Waals surface area contributed by atoms with Gasteiger partial charge >= 0.3 is 0 Å². The van der Waals surface area contributed by atoms with E-state index in [0.29, 0.717) is 35.8 Å². The first-order valence-corrected chi connectivity index (χ1v) is 7.23. The smallest absolute Gasteiger partial charge is 0.168 e. The molecule has 2 N–H and O–H groups in total. The zero-order valence-electron chi connectivity index (χ0n) is 13.3. The lowest BCUT2D eigenvalue weighted by atomic mass is 9.92. The Hall–Kier alpha value is -1.58. The highest BCUT2D eigenvalue weighted by molar-refractivity contribution is 5.67. The fourth-order valence-corrected chi connectivity index (χ4v) is 2.36. The largest absolute Gasteiger partial charge is 0.504 e. The van der Waals surface area contributed by atoms with Crippen molar-refractivity contribution in [3.63, 3.8) is 0 Å². The van der Waals surface area contributed by atoms with Crippen molar-refractivity contribution in [2.75, 3.05) is 13.2 Å². The summed E-state index contributed by atoms with van der Waals surface area (Å²) in [5.74, 6) is 0.920. The fraction of sp³-hybridized carbons (Fsp3) is 0.625. The van der Waals surface area contributed by atoms with Crippen LogP contribution in [0.1, 0.15) is 64.5 Å². The first kappa shape index (κ1) is 16.5. The van der Waals surface area contributed by atoms with E-state index in [1.807, 2.05) is 41.5 Å². The third kappa shape index (κ3) is 2.94. The Kier molecular flexibility index (Phi) is 5.54. The van der Waals surface area contributed by atoms with Gasteiger partial charge in [-0.05, 0) is 25.7 Å². The van der Waals surface area contributed by atoms with Gasteiger partial charge in [0, 0.05) is 11.1 Å². The lowest BCUT2D eigenvalue weighted by molar-refractivity contribution is 0.273. The van der Waals surface area contributed by atoms with Crippen LogP contribution in [0.15, 0.2) is 0 Å². The van der Waals surface area contributed by atoms with Gasteiger partial charge in [-0.25, -0.2) is 0 Å². The summed E-state index contributed by atoms with van der Waals surface area (Å²) in [5.41, 5.74) is 1.19. The van der Waals surface area contributed by atoms with Crippen LogP contribution in [0.25, 0.3) is 0 Å². The molecule has 0 aliphatic carbocycles. The Morgan fingerprint density at radius 2 is 1.05 bits per heavy atom. The van der Waals surface area contributed by atoms with Gasteiger partial charge in [-0.3, -0.25) is 0 Å². The molecule has 0 saturated heterocycles. The molecule has 0 atom stereocenters. The Bertz CT molecular complexity index is 421. The fourth-order valence-electron chi connectivity index (χ4n) is 2.36. The van der Waals surface area contributed by atoms with Crippen LogP contribution < -0.4 is 9.47 Å². The predicted molar refractivity (Wildman–Crippen MR) is 80.3 cm³/mol. The first-order chi connectivity index (χ1) is 9.36. The lowest BCUT2D eigenvalue weighted by Gasteiger charge is -2.24. The van der Waals surface area contributed by atoms with Crippen LogP contribution in [-0.4, -0.2) is 23.4 Å². The average molecular weight is 282 g/mol. The molecule has 1 rings (SSSR count). The van der Waals surface area contributed by atoms with Gasteiger partial charge in [-0.2, -0.15) is 0 Å². The molecule has 0 fully saturated rings. The van der Waals surface area contributed by atoms with Crippen LogP contribution in [0.5, 0.6) is 23.0 Å². The molecule has 4 nitrogen and oxygen atoms in total. The van der Waals surface area contributed by atoms with Crippen LogP contribution in [0.2, 0.25) is 0 Å². The molecule has 20 heavy (non-hydrogen) atoms. The zero-order valence-corrected chi connectivity index (χ0v) is 13.3. The standard InChI is InChI=1S/C16H26O4/c1-7-19-15-11(9(3)4)13(17)14(18)12(10(5)6)16(15)20-8-2/h9-10,17-18H,7-8H2,1-6H3. The summed E-state index contributed by atoms with van der Waals surface area (Å²) in [6, 6.07) is 0. The van der Waals surface area contributed by atoms with Crippen LogP contribution in [-0.2, 0) is 0 Å². The first-order valence-electron chi connectivity index (χ1n) is 7.23. The van der Waals surface area contributed by atoms with Gasteiger partial charge in [0.1, 0.15) is 0 Å². The number of benzene rings is 1. The molecule has 0 aromatic heterocycles. The van der Waals surface area contributed by atoms with E-state index in [1.54, 1.807) is 0 Å². The van der Waals surface area contributed by atoms with Crippen molar-refractivity contribution in [1.29, 1.82) is 0 Å². The maximum Gasteiger partial charge on any atom is 0.168 e. The molecule has 0 radical (unpaired) electrons. The monoisotopic (exact) mass is 282 g/mol. The summed E-state index contributed by atoms with van der Waals surface area (Å²) in [6.07, 6.45) is 0. The van der Waals surface area contributed by atoms with E-state index in [0.717, 1.165) is 0 Å². The van der Waals surface area contributed by atoms with E-state index in [-0.39, 0.29) is 23.3 Å². The predicted octanol–water partition coefficient (Wildman–Crippen LogP) is 4.14. The molecule has 0 aliphatic rings. The minimum atomic E-state index is -0.101. The van der Waals surface area contributed by atoms with Crippen molar-refractivity contribution in [3.8, 4) is 23.0 Å². The Morgan fingerprint density at radius 1 is 0.750 bits per heavy atom. The van der Waals surface area contributed by atoms with Crippen molar-refractivity contribution >= 4 is 0 Å². The molecule has 1 aromatic rings. The molecular weight excluding hydrogens is 256 g/mol. The zero-order chi connectivity index (χ0) is 15.4. The van der Waals surface area contributed by atoms with Gasteiger partial charge < -0.3 is 19.7 Å². The highest BCUT2D eigenvalue weighted by Gasteiger charge is 2.28. The van der Waals surface area contributed by atoms with E-state index >= 15 is 0 Å². The van der Waals surface area contributed by atoms with E-state index in [1.165, 1.54) is 0 Å². The van der Waals surface area contributed by atoms with E-state index < -0.39 is 0 Å². The molecule has 0 heterocycles. The van der Waals surface area contributed by atoms with E-state index in [2.05, 4.69) is 0 Å². The number of rotatable bonds is 6. The maximum absolute atomic E-state index is 10.3. The SMILES string of the molecule is CCOc1c(OCC)c(C(C)C)c(O)c(O)c1C(C)C. The second kappa shape index (κ2) is 6.73. The van der Waals surface area contributed by atoms with E-state index in [9.17, 15) is 10.2 Å². The van der Waals surface area contributed by atoms with Crippen molar-refractivity contribution in [2.24, 2.45) is 0 Å². The van der Waals surface area contributed by atoms with Crippen LogP contribution >= 0.6 is 0 Å². The minimum Gasteiger partial charge on any atom is -0.504 e. The number of aromatic hydroxyl groups is 2. The second-order valence-electron chi connectivity index (χ2n) is 5.36. The third-order valence-corrected chi connectivity index (χ3v) is 3.16.